The zero-order valence-electron chi connectivity index (χ0n) is 15.0. The Bertz CT molecular complexity index is 806. The topological polar surface area (TPSA) is 68.2 Å². The van der Waals surface area contributed by atoms with Gasteiger partial charge in [-0.15, -0.1) is 13.2 Å². The number of nitrogens with one attached hydrogen (secondary N) is 2. The molecule has 0 spiro atoms. The van der Waals surface area contributed by atoms with Crippen molar-refractivity contribution in [1.82, 2.24) is 20.4 Å². The van der Waals surface area contributed by atoms with Crippen LogP contribution in [0.25, 0.3) is 0 Å². The number of nitrogens with zero attached hydrogens (tertiary/aromatic N) is 2. The SMILES string of the molecule is CC(NC(=O)[C@H]1CNC[C@@H]1c1cnn(C)c1)c1cccc(OC(F)(F)F)c1. The number of carbonyl (C=O) groups excluding carboxylic acids is 1. The first-order valence-electron chi connectivity index (χ1n) is 8.58. The Labute approximate surface area is 154 Å². The van der Waals surface area contributed by atoms with Gasteiger partial charge in [-0.05, 0) is 30.2 Å². The normalized spacial score (nSPS) is 21.1. The van der Waals surface area contributed by atoms with Crippen LogP contribution in [0, 0.1) is 5.92 Å². The van der Waals surface area contributed by atoms with Crippen molar-refractivity contribution in [3.63, 3.8) is 0 Å². The first kappa shape index (κ1) is 19.2. The van der Waals surface area contributed by atoms with E-state index in [-0.39, 0.29) is 23.5 Å². The Hall–Kier alpha value is -2.55. The third-order valence-electron chi connectivity index (χ3n) is 4.65. The smallest absolute Gasteiger partial charge is 0.406 e. The minimum Gasteiger partial charge on any atom is -0.406 e. The summed E-state index contributed by atoms with van der Waals surface area (Å²) in [5, 5.41) is 10.3. The Morgan fingerprint density at radius 3 is 2.85 bits per heavy atom. The second-order valence-corrected chi connectivity index (χ2v) is 6.67. The number of benzene rings is 1. The summed E-state index contributed by atoms with van der Waals surface area (Å²) in [6.45, 7) is 2.94. The average molecular weight is 382 g/mol. The Morgan fingerprint density at radius 2 is 2.19 bits per heavy atom. The van der Waals surface area contributed by atoms with Crippen LogP contribution in [-0.2, 0) is 11.8 Å². The standard InChI is InChI=1S/C18H21F3N4O2/c1-11(12-4-3-5-14(6-12)27-18(19,20)21)24-17(26)16-9-22-8-15(16)13-7-23-25(2)10-13/h3-7,10-11,15-16,22H,8-9H2,1-2H3,(H,24,26)/t11?,15-,16+/m1/s1. The summed E-state index contributed by atoms with van der Waals surface area (Å²) in [4.78, 5) is 12.7. The van der Waals surface area contributed by atoms with E-state index in [1.807, 2.05) is 13.2 Å². The van der Waals surface area contributed by atoms with Gasteiger partial charge in [0.25, 0.3) is 0 Å². The van der Waals surface area contributed by atoms with Crippen molar-refractivity contribution in [2.45, 2.75) is 25.2 Å². The van der Waals surface area contributed by atoms with Gasteiger partial charge in [-0.1, -0.05) is 12.1 Å². The summed E-state index contributed by atoms with van der Waals surface area (Å²) >= 11 is 0. The number of rotatable bonds is 5. The number of carbonyl (C=O) groups is 1. The molecule has 1 fully saturated rings. The molecule has 1 aliphatic heterocycles. The summed E-state index contributed by atoms with van der Waals surface area (Å²) in [6, 6.07) is 5.17. The van der Waals surface area contributed by atoms with Gasteiger partial charge in [0.05, 0.1) is 18.2 Å². The van der Waals surface area contributed by atoms with Crippen LogP contribution in [0.3, 0.4) is 0 Å². The van der Waals surface area contributed by atoms with Gasteiger partial charge in [0.15, 0.2) is 0 Å². The predicted octanol–water partition coefficient (Wildman–Crippen LogP) is 2.50. The zero-order valence-corrected chi connectivity index (χ0v) is 15.0. The van der Waals surface area contributed by atoms with Crippen LogP contribution in [0.1, 0.15) is 30.0 Å². The van der Waals surface area contributed by atoms with Gasteiger partial charge in [0, 0.05) is 32.3 Å². The largest absolute Gasteiger partial charge is 0.573 e. The quantitative estimate of drug-likeness (QED) is 0.834. The van der Waals surface area contributed by atoms with E-state index in [1.54, 1.807) is 23.9 Å². The van der Waals surface area contributed by atoms with Crippen LogP contribution in [0.4, 0.5) is 13.2 Å². The number of aromatic nitrogens is 2. The lowest BCUT2D eigenvalue weighted by Crippen LogP contribution is -2.36. The molecule has 1 saturated heterocycles. The van der Waals surface area contributed by atoms with Crippen LogP contribution in [0.5, 0.6) is 5.75 Å². The Kier molecular flexibility index (Phi) is 5.41. The molecule has 1 unspecified atom stereocenters. The molecule has 1 aromatic carbocycles. The van der Waals surface area contributed by atoms with Gasteiger partial charge in [-0.3, -0.25) is 9.48 Å². The number of halogens is 3. The second-order valence-electron chi connectivity index (χ2n) is 6.67. The van der Waals surface area contributed by atoms with E-state index in [2.05, 4.69) is 20.5 Å². The van der Waals surface area contributed by atoms with Crippen molar-refractivity contribution >= 4 is 5.91 Å². The van der Waals surface area contributed by atoms with Gasteiger partial charge in [-0.25, -0.2) is 0 Å². The predicted molar refractivity (Wildman–Crippen MR) is 92.0 cm³/mol. The van der Waals surface area contributed by atoms with Crippen LogP contribution in [0.15, 0.2) is 36.7 Å². The molecular weight excluding hydrogens is 361 g/mol. The number of aryl methyl sites for hydroxylation is 1. The molecular formula is C18H21F3N4O2. The van der Waals surface area contributed by atoms with E-state index in [9.17, 15) is 18.0 Å². The molecule has 1 amide bonds. The first-order valence-corrected chi connectivity index (χ1v) is 8.58. The maximum absolute atomic E-state index is 12.7. The fourth-order valence-electron chi connectivity index (χ4n) is 3.32. The molecule has 1 aromatic heterocycles. The number of ether oxygens (including phenoxy) is 1. The van der Waals surface area contributed by atoms with Crippen molar-refractivity contribution in [2.24, 2.45) is 13.0 Å². The zero-order chi connectivity index (χ0) is 19.6. The second kappa shape index (κ2) is 7.59. The lowest BCUT2D eigenvalue weighted by molar-refractivity contribution is -0.274. The van der Waals surface area contributed by atoms with E-state index < -0.39 is 12.4 Å². The minimum absolute atomic E-state index is 0.00537. The third kappa shape index (κ3) is 4.79. The maximum Gasteiger partial charge on any atom is 0.573 e. The molecule has 0 radical (unpaired) electrons. The molecule has 3 rings (SSSR count). The molecule has 2 heterocycles. The molecule has 9 heteroatoms. The van der Waals surface area contributed by atoms with Crippen molar-refractivity contribution in [3.05, 3.63) is 47.8 Å². The summed E-state index contributed by atoms with van der Waals surface area (Å²) in [7, 11) is 1.82. The number of hydrogen-bond acceptors (Lipinski definition) is 4. The lowest BCUT2D eigenvalue weighted by Gasteiger charge is -2.21. The minimum atomic E-state index is -4.75. The highest BCUT2D eigenvalue weighted by Crippen LogP contribution is 2.29. The molecule has 3 atom stereocenters. The summed E-state index contributed by atoms with van der Waals surface area (Å²) in [6.07, 6.45) is -1.11. The highest BCUT2D eigenvalue weighted by Gasteiger charge is 2.35. The molecule has 0 aliphatic carbocycles. The van der Waals surface area contributed by atoms with E-state index >= 15 is 0 Å². The van der Waals surface area contributed by atoms with Crippen molar-refractivity contribution in [2.75, 3.05) is 13.1 Å². The summed E-state index contributed by atoms with van der Waals surface area (Å²) < 4.78 is 42.8. The summed E-state index contributed by atoms with van der Waals surface area (Å²) in [5.41, 5.74) is 1.52. The molecule has 0 bridgehead atoms. The van der Waals surface area contributed by atoms with Gasteiger partial charge in [0.2, 0.25) is 5.91 Å². The summed E-state index contributed by atoms with van der Waals surface area (Å²) in [5.74, 6) is -0.725. The third-order valence-corrected chi connectivity index (χ3v) is 4.65. The number of alkyl halides is 3. The number of amides is 1. The molecule has 0 saturated carbocycles. The van der Waals surface area contributed by atoms with Gasteiger partial charge < -0.3 is 15.4 Å². The van der Waals surface area contributed by atoms with Crippen LogP contribution < -0.4 is 15.4 Å². The number of hydrogen-bond donors (Lipinski definition) is 2. The van der Waals surface area contributed by atoms with Crippen molar-refractivity contribution in [3.8, 4) is 5.75 Å². The molecule has 2 N–H and O–H groups in total. The molecule has 27 heavy (non-hydrogen) atoms. The average Bonchev–Trinajstić information content (AvgIpc) is 3.22. The first-order chi connectivity index (χ1) is 12.7. The fourth-order valence-corrected chi connectivity index (χ4v) is 3.32. The van der Waals surface area contributed by atoms with Crippen molar-refractivity contribution in [1.29, 1.82) is 0 Å². The molecule has 6 nitrogen and oxygen atoms in total. The highest BCUT2D eigenvalue weighted by molar-refractivity contribution is 5.81. The lowest BCUT2D eigenvalue weighted by atomic mass is 9.90. The van der Waals surface area contributed by atoms with Gasteiger partial charge in [-0.2, -0.15) is 5.10 Å². The highest BCUT2D eigenvalue weighted by atomic mass is 19.4. The van der Waals surface area contributed by atoms with E-state index in [4.69, 9.17) is 0 Å². The van der Waals surface area contributed by atoms with Crippen molar-refractivity contribution < 1.29 is 22.7 Å². The Balaban J connectivity index is 1.67. The molecule has 1 aliphatic rings. The van der Waals surface area contributed by atoms with Crippen LogP contribution in [0.2, 0.25) is 0 Å². The van der Waals surface area contributed by atoms with Crippen LogP contribution in [-0.4, -0.2) is 35.1 Å². The van der Waals surface area contributed by atoms with Crippen LogP contribution >= 0.6 is 0 Å². The van der Waals surface area contributed by atoms with Gasteiger partial charge in [0.1, 0.15) is 5.75 Å². The maximum atomic E-state index is 12.7. The van der Waals surface area contributed by atoms with Gasteiger partial charge >= 0.3 is 6.36 Å². The van der Waals surface area contributed by atoms with E-state index in [0.29, 0.717) is 18.7 Å². The fraction of sp³-hybridized carbons (Fsp3) is 0.444. The Morgan fingerprint density at radius 1 is 1.41 bits per heavy atom. The van der Waals surface area contributed by atoms with E-state index in [0.717, 1.165) is 5.56 Å². The van der Waals surface area contributed by atoms with E-state index in [1.165, 1.54) is 18.2 Å². The molecule has 146 valence electrons. The monoisotopic (exact) mass is 382 g/mol. The molecule has 2 aromatic rings.